The van der Waals surface area contributed by atoms with Crippen LogP contribution in [0.4, 0.5) is 0 Å². The van der Waals surface area contributed by atoms with E-state index in [0.29, 0.717) is 0 Å². The SMILES string of the molecule is Oc1c(O)c(C2(C(O)(CC(O)(C(O)(O)O)C(O)(O)O)N(C(O)(O)O)C(O)(O)O)C(O)(O)C(O)(O)C2(O)O)c(O)c(O)c1Cl. The van der Waals surface area contributed by atoms with E-state index in [0.717, 1.165) is 0 Å². The van der Waals surface area contributed by atoms with Gasteiger partial charge in [-0.15, -0.1) is 4.90 Å². The molecule has 1 atom stereocenters. The minimum atomic E-state index is -5.82. The molecule has 250 valence electrons. The third kappa shape index (κ3) is 4.33. The van der Waals surface area contributed by atoms with Gasteiger partial charge in [0.1, 0.15) is 5.02 Å². The van der Waals surface area contributed by atoms with E-state index < -0.39 is 103 Å². The Balaban J connectivity index is 3.55. The van der Waals surface area contributed by atoms with Gasteiger partial charge in [0.05, 0.1) is 5.56 Å². The van der Waals surface area contributed by atoms with Crippen LogP contribution in [-0.2, 0) is 5.41 Å². The van der Waals surface area contributed by atoms with Crippen LogP contribution >= 0.6 is 11.6 Å². The number of halogens is 1. The van der Waals surface area contributed by atoms with Crippen molar-refractivity contribution in [3.8, 4) is 23.0 Å². The van der Waals surface area contributed by atoms with E-state index in [2.05, 4.69) is 0 Å². The van der Waals surface area contributed by atoms with E-state index in [1.165, 1.54) is 0 Å². The van der Waals surface area contributed by atoms with Crippen LogP contribution < -0.4 is 0 Å². The third-order valence-corrected chi connectivity index (χ3v) is 7.27. The van der Waals surface area contributed by atoms with Gasteiger partial charge in [0.25, 0.3) is 5.79 Å². The van der Waals surface area contributed by atoms with Crippen molar-refractivity contribution < 1.29 is 123 Å². The Labute approximate surface area is 238 Å². The fourth-order valence-corrected chi connectivity index (χ4v) is 5.15. The first-order valence-electron chi connectivity index (χ1n) is 10.4. The molecule has 2 rings (SSSR count). The number of phenolic OH excluding ortho intramolecular Hbond substituents is 4. The molecular weight excluding hydrogens is 638 g/mol. The molecule has 1 fully saturated rings. The molecule has 0 radical (unpaired) electrons. The topological polar surface area (TPSA) is 489 Å². The maximum absolute atomic E-state index is 11.7. The second-order valence-corrected chi connectivity index (χ2v) is 9.89. The van der Waals surface area contributed by atoms with Gasteiger partial charge in [-0.25, -0.2) is 0 Å². The number of aliphatic hydroxyl groups is 20. The van der Waals surface area contributed by atoms with E-state index in [1.807, 2.05) is 0 Å². The van der Waals surface area contributed by atoms with Crippen molar-refractivity contribution in [3.63, 3.8) is 0 Å². The Morgan fingerprint density at radius 2 is 0.814 bits per heavy atom. The molecule has 0 amide bonds. The molecule has 0 bridgehead atoms. The molecule has 1 aromatic rings. The molecule has 0 heterocycles. The first-order chi connectivity index (χ1) is 18.5. The van der Waals surface area contributed by atoms with E-state index in [4.69, 9.17) is 11.6 Å². The van der Waals surface area contributed by atoms with Crippen LogP contribution in [0.3, 0.4) is 0 Å². The predicted molar refractivity (Wildman–Crippen MR) is 115 cm³/mol. The number of benzene rings is 1. The zero-order valence-corrected chi connectivity index (χ0v) is 21.0. The largest absolute Gasteiger partial charge is 0.504 e. The molecule has 43 heavy (non-hydrogen) atoms. The lowest BCUT2D eigenvalue weighted by Crippen LogP contribution is -3.01. The Hall–Kier alpha value is -2.13. The molecule has 0 saturated heterocycles. The minimum Gasteiger partial charge on any atom is -0.504 e. The highest BCUT2D eigenvalue weighted by atomic mass is 35.5. The van der Waals surface area contributed by atoms with Gasteiger partial charge in [-0.2, -0.15) is 0 Å². The summed E-state index contributed by atoms with van der Waals surface area (Å²) in [7, 11) is 0. The smallest absolute Gasteiger partial charge is 0.354 e. The minimum absolute atomic E-state index is 1.57. The standard InChI is InChI=1S/C17H26ClNO24/c18-3-6(22)4(20)2(5(21)7(3)23)10(11(26,27)13(30,31)12(10,28)29)9(25,19(16(38,39)40)17(41,42)43)1-8(24,14(32,33)34)15(35,36)37/h20-43H,1H2. The average Bonchev–Trinajstić information content (AvgIpc) is 2.74. The van der Waals surface area contributed by atoms with Crippen LogP contribution in [0.1, 0.15) is 12.0 Å². The number of phenols is 4. The molecule has 24 N–H and O–H groups in total. The molecule has 0 aromatic heterocycles. The van der Waals surface area contributed by atoms with Gasteiger partial charge in [-0.05, 0) is 0 Å². The van der Waals surface area contributed by atoms with Gasteiger partial charge in [0.15, 0.2) is 34.1 Å². The van der Waals surface area contributed by atoms with Crippen molar-refractivity contribution in [3.05, 3.63) is 10.6 Å². The molecule has 1 aliphatic carbocycles. The monoisotopic (exact) mass is 663 g/mol. The van der Waals surface area contributed by atoms with E-state index in [-0.39, 0.29) is 0 Å². The molecule has 26 heteroatoms. The van der Waals surface area contributed by atoms with Crippen molar-refractivity contribution in [2.24, 2.45) is 0 Å². The predicted octanol–water partition coefficient (Wildman–Crippen LogP) is -12.0. The highest BCUT2D eigenvalue weighted by Crippen LogP contribution is 2.72. The van der Waals surface area contributed by atoms with Crippen LogP contribution in [0, 0.1) is 0 Å². The number of rotatable bonds is 9. The summed E-state index contributed by atoms with van der Waals surface area (Å²) in [5, 5.41) is 241. The summed E-state index contributed by atoms with van der Waals surface area (Å²) in [5.74, 6) is -36.0. The van der Waals surface area contributed by atoms with Crippen LogP contribution in [-0.4, -0.2) is 180 Å². The van der Waals surface area contributed by atoms with Crippen LogP contribution in [0.25, 0.3) is 0 Å². The van der Waals surface area contributed by atoms with Gasteiger partial charge in [-0.1, -0.05) is 11.6 Å². The lowest BCUT2D eigenvalue weighted by atomic mass is 9.44. The molecule has 25 nitrogen and oxygen atoms in total. The summed E-state index contributed by atoms with van der Waals surface area (Å²) in [6, 6.07) is 0. The van der Waals surface area contributed by atoms with Crippen molar-refractivity contribution in [1.82, 2.24) is 4.90 Å². The van der Waals surface area contributed by atoms with E-state index in [9.17, 15) is 123 Å². The molecule has 1 saturated carbocycles. The van der Waals surface area contributed by atoms with Crippen molar-refractivity contribution in [2.45, 2.75) is 64.7 Å². The third-order valence-electron chi connectivity index (χ3n) is 6.91. The maximum Gasteiger partial charge on any atom is 0.354 e. The van der Waals surface area contributed by atoms with Crippen molar-refractivity contribution in [2.75, 3.05) is 0 Å². The summed E-state index contributed by atoms with van der Waals surface area (Å²) >= 11 is 5.40. The summed E-state index contributed by atoms with van der Waals surface area (Å²) < 4.78 is 0. The van der Waals surface area contributed by atoms with Crippen LogP contribution in [0.2, 0.25) is 5.02 Å². The Kier molecular flexibility index (Phi) is 8.14. The molecule has 0 aliphatic heterocycles. The normalized spacial score (nSPS) is 21.8. The van der Waals surface area contributed by atoms with Crippen molar-refractivity contribution >= 4 is 11.6 Å². The fraction of sp³-hybridized carbons (Fsp3) is 0.647. The highest BCUT2D eigenvalue weighted by Gasteiger charge is 2.98. The zero-order chi connectivity index (χ0) is 34.7. The summed E-state index contributed by atoms with van der Waals surface area (Å²) in [4.78, 5) is -2.21. The number of aromatic hydroxyl groups is 4. The maximum atomic E-state index is 11.7. The Bertz CT molecular complexity index is 1190. The quantitative estimate of drug-likeness (QED) is 0.0662. The Morgan fingerprint density at radius 3 is 1.07 bits per heavy atom. The molecule has 0 spiro atoms. The van der Waals surface area contributed by atoms with Gasteiger partial charge in [0.2, 0.25) is 17.2 Å². The average molecular weight is 664 g/mol. The zero-order valence-electron chi connectivity index (χ0n) is 20.3. The van der Waals surface area contributed by atoms with Crippen molar-refractivity contribution in [1.29, 1.82) is 0 Å². The number of hydrogen-bond donors (Lipinski definition) is 24. The van der Waals surface area contributed by atoms with Gasteiger partial charge in [0, 0.05) is 6.42 Å². The lowest BCUT2D eigenvalue weighted by molar-refractivity contribution is -0.626. The second-order valence-electron chi connectivity index (χ2n) is 9.51. The van der Waals surface area contributed by atoms with Gasteiger partial charge in [-0.3, -0.25) is 0 Å². The summed E-state index contributed by atoms with van der Waals surface area (Å²) in [6.45, 7) is 0. The number of nitrogens with zero attached hydrogens (tertiary/aromatic N) is 1. The van der Waals surface area contributed by atoms with Gasteiger partial charge < -0.3 is 123 Å². The first kappa shape index (κ1) is 37.1. The second kappa shape index (κ2) is 9.44. The molecule has 1 aliphatic rings. The lowest BCUT2D eigenvalue weighted by Gasteiger charge is -2.73. The molecular formula is C17H26ClNO24. The van der Waals surface area contributed by atoms with E-state index >= 15 is 0 Å². The van der Waals surface area contributed by atoms with Crippen LogP contribution in [0.5, 0.6) is 23.0 Å². The summed E-state index contributed by atoms with van der Waals surface area (Å²) in [6.07, 6.45) is -14.7. The van der Waals surface area contributed by atoms with Gasteiger partial charge >= 0.3 is 24.1 Å². The fourth-order valence-electron chi connectivity index (χ4n) is 4.97. The molecule has 1 aromatic carbocycles. The van der Waals surface area contributed by atoms with E-state index in [1.54, 1.807) is 0 Å². The number of hydrogen-bond acceptors (Lipinski definition) is 25. The summed E-state index contributed by atoms with van der Waals surface area (Å²) in [5.41, 5.74) is -19.5. The highest BCUT2D eigenvalue weighted by molar-refractivity contribution is 6.34. The Morgan fingerprint density at radius 1 is 0.512 bits per heavy atom. The van der Waals surface area contributed by atoms with Crippen LogP contribution in [0.15, 0.2) is 0 Å². The molecule has 1 unspecified atom stereocenters. The first-order valence-corrected chi connectivity index (χ1v) is 10.8.